The third kappa shape index (κ3) is 2.90. The molecule has 1 atom stereocenters. The summed E-state index contributed by atoms with van der Waals surface area (Å²) >= 11 is 0. The van der Waals surface area contributed by atoms with E-state index in [4.69, 9.17) is 10.5 Å². The van der Waals surface area contributed by atoms with Gasteiger partial charge in [-0.15, -0.1) is 5.10 Å². The Balaban J connectivity index is 2.35. The van der Waals surface area contributed by atoms with Gasteiger partial charge in [0.15, 0.2) is 5.82 Å². The number of nitrogen functional groups attached to an aromatic ring is 1. The number of aromatic nitrogens is 4. The van der Waals surface area contributed by atoms with Gasteiger partial charge >= 0.3 is 0 Å². The Morgan fingerprint density at radius 3 is 2.95 bits per heavy atom. The van der Waals surface area contributed by atoms with Crippen molar-refractivity contribution in [2.45, 2.75) is 26.3 Å². The van der Waals surface area contributed by atoms with Crippen molar-refractivity contribution in [3.8, 4) is 11.4 Å². The van der Waals surface area contributed by atoms with Gasteiger partial charge in [-0.05, 0) is 48.4 Å². The molecule has 0 aliphatic rings. The molecule has 1 heterocycles. The number of ether oxygens (including phenoxy) is 1. The van der Waals surface area contributed by atoms with E-state index in [9.17, 15) is 0 Å². The molecule has 0 fully saturated rings. The minimum Gasteiger partial charge on any atom is -0.399 e. The molecule has 2 N–H and O–H groups in total. The van der Waals surface area contributed by atoms with E-state index in [1.807, 2.05) is 29.8 Å². The van der Waals surface area contributed by atoms with Gasteiger partial charge < -0.3 is 10.5 Å². The fourth-order valence-corrected chi connectivity index (χ4v) is 1.96. The van der Waals surface area contributed by atoms with Crippen LogP contribution in [-0.4, -0.2) is 33.9 Å². The molecule has 0 bridgehead atoms. The van der Waals surface area contributed by atoms with Gasteiger partial charge in [-0.3, -0.25) is 0 Å². The summed E-state index contributed by atoms with van der Waals surface area (Å²) in [6, 6.07) is 5.93. The van der Waals surface area contributed by atoms with Crippen LogP contribution in [0.1, 0.15) is 24.9 Å². The van der Waals surface area contributed by atoms with Crippen LogP contribution in [0.3, 0.4) is 0 Å². The Morgan fingerprint density at radius 1 is 1.42 bits per heavy atom. The number of hydrogen-bond acceptors (Lipinski definition) is 5. The smallest absolute Gasteiger partial charge is 0.182 e. The summed E-state index contributed by atoms with van der Waals surface area (Å²) in [6.07, 6.45) is 0.857. The topological polar surface area (TPSA) is 78.8 Å². The Bertz CT molecular complexity index is 552. The largest absolute Gasteiger partial charge is 0.399 e. The van der Waals surface area contributed by atoms with E-state index in [1.165, 1.54) is 0 Å². The van der Waals surface area contributed by atoms with Crippen LogP contribution >= 0.6 is 0 Å². The Hall–Kier alpha value is -1.95. The minimum absolute atomic E-state index is 0.172. The van der Waals surface area contributed by atoms with Crippen LogP contribution < -0.4 is 5.73 Å². The molecule has 6 nitrogen and oxygen atoms in total. The standard InChI is InChI=1S/C13H19N5O/c1-9-4-5-11(14)8-12(9)13-15-16-17-18(13)10(2)6-7-19-3/h4-5,8,10H,6-7,14H2,1-3H3. The maximum Gasteiger partial charge on any atom is 0.182 e. The average Bonchev–Trinajstić information content (AvgIpc) is 2.88. The number of methoxy groups -OCH3 is 1. The first-order valence-electron chi connectivity index (χ1n) is 6.26. The van der Waals surface area contributed by atoms with Crippen molar-refractivity contribution in [2.24, 2.45) is 0 Å². The van der Waals surface area contributed by atoms with E-state index in [2.05, 4.69) is 22.4 Å². The van der Waals surface area contributed by atoms with Crippen LogP contribution in [0.4, 0.5) is 5.69 Å². The Labute approximate surface area is 112 Å². The lowest BCUT2D eigenvalue weighted by molar-refractivity contribution is 0.178. The van der Waals surface area contributed by atoms with Crippen molar-refractivity contribution in [3.63, 3.8) is 0 Å². The van der Waals surface area contributed by atoms with E-state index in [-0.39, 0.29) is 6.04 Å². The molecule has 2 aromatic rings. The lowest BCUT2D eigenvalue weighted by atomic mass is 10.1. The number of anilines is 1. The van der Waals surface area contributed by atoms with Gasteiger partial charge in [-0.2, -0.15) is 0 Å². The van der Waals surface area contributed by atoms with Crippen LogP contribution in [0.25, 0.3) is 11.4 Å². The molecule has 1 aromatic carbocycles. The number of benzene rings is 1. The summed E-state index contributed by atoms with van der Waals surface area (Å²) in [5.41, 5.74) is 8.62. The monoisotopic (exact) mass is 261 g/mol. The predicted octanol–water partition coefficient (Wildman–Crippen LogP) is 1.83. The molecule has 2 rings (SSSR count). The molecule has 1 aromatic heterocycles. The molecule has 1 unspecified atom stereocenters. The summed E-state index contributed by atoms with van der Waals surface area (Å²) in [7, 11) is 1.69. The molecular weight excluding hydrogens is 242 g/mol. The van der Waals surface area contributed by atoms with Gasteiger partial charge in [0.25, 0.3) is 0 Å². The lowest BCUT2D eigenvalue weighted by Crippen LogP contribution is -2.11. The molecule has 0 aliphatic heterocycles. The predicted molar refractivity (Wildman–Crippen MR) is 73.6 cm³/mol. The second kappa shape index (κ2) is 5.79. The first-order valence-corrected chi connectivity index (χ1v) is 6.26. The molecule has 0 spiro atoms. The molecule has 0 aliphatic carbocycles. The molecule has 102 valence electrons. The van der Waals surface area contributed by atoms with E-state index in [0.717, 1.165) is 23.4 Å². The Kier molecular flexibility index (Phi) is 4.11. The maximum absolute atomic E-state index is 5.84. The first-order chi connectivity index (χ1) is 9.13. The van der Waals surface area contributed by atoms with Gasteiger partial charge in [0, 0.05) is 25.0 Å². The fraction of sp³-hybridized carbons (Fsp3) is 0.462. The molecule has 0 saturated carbocycles. The SMILES string of the molecule is COCCC(C)n1nnnc1-c1cc(N)ccc1C. The van der Waals surface area contributed by atoms with Crippen molar-refractivity contribution in [3.05, 3.63) is 23.8 Å². The summed E-state index contributed by atoms with van der Waals surface area (Å²) in [6.45, 7) is 4.77. The average molecular weight is 261 g/mol. The van der Waals surface area contributed by atoms with Crippen LogP contribution in [0.15, 0.2) is 18.2 Å². The van der Waals surface area contributed by atoms with E-state index in [1.54, 1.807) is 7.11 Å². The van der Waals surface area contributed by atoms with E-state index < -0.39 is 0 Å². The van der Waals surface area contributed by atoms with Gasteiger partial charge in [0.2, 0.25) is 0 Å². The first kappa shape index (κ1) is 13.5. The van der Waals surface area contributed by atoms with Crippen LogP contribution in [-0.2, 0) is 4.74 Å². The van der Waals surface area contributed by atoms with E-state index >= 15 is 0 Å². The highest BCUT2D eigenvalue weighted by Gasteiger charge is 2.16. The molecule has 6 heteroatoms. The van der Waals surface area contributed by atoms with Crippen LogP contribution in [0, 0.1) is 6.92 Å². The highest BCUT2D eigenvalue weighted by molar-refractivity contribution is 5.65. The quantitative estimate of drug-likeness (QED) is 0.831. The molecule has 0 radical (unpaired) electrons. The van der Waals surface area contributed by atoms with Gasteiger partial charge in [0.1, 0.15) is 0 Å². The van der Waals surface area contributed by atoms with Crippen LogP contribution in [0.5, 0.6) is 0 Å². The number of tetrazole rings is 1. The minimum atomic E-state index is 0.172. The highest BCUT2D eigenvalue weighted by atomic mass is 16.5. The summed E-state index contributed by atoms with van der Waals surface area (Å²) < 4.78 is 6.92. The number of rotatable bonds is 5. The van der Waals surface area contributed by atoms with Crippen molar-refractivity contribution in [1.29, 1.82) is 0 Å². The van der Waals surface area contributed by atoms with E-state index in [0.29, 0.717) is 12.3 Å². The zero-order valence-electron chi connectivity index (χ0n) is 11.5. The summed E-state index contributed by atoms with van der Waals surface area (Å²) in [5, 5.41) is 12.0. The number of hydrogen-bond donors (Lipinski definition) is 1. The van der Waals surface area contributed by atoms with Crippen molar-refractivity contribution in [2.75, 3.05) is 19.5 Å². The summed E-state index contributed by atoms with van der Waals surface area (Å²) in [5.74, 6) is 0.744. The normalized spacial score (nSPS) is 12.6. The number of aryl methyl sites for hydroxylation is 1. The Morgan fingerprint density at radius 2 is 2.21 bits per heavy atom. The lowest BCUT2D eigenvalue weighted by Gasteiger charge is -2.14. The second-order valence-corrected chi connectivity index (χ2v) is 4.65. The van der Waals surface area contributed by atoms with Crippen molar-refractivity contribution < 1.29 is 4.74 Å². The maximum atomic E-state index is 5.84. The van der Waals surface area contributed by atoms with Crippen molar-refractivity contribution in [1.82, 2.24) is 20.2 Å². The zero-order valence-corrected chi connectivity index (χ0v) is 11.5. The molecule has 19 heavy (non-hydrogen) atoms. The summed E-state index contributed by atoms with van der Waals surface area (Å²) in [4.78, 5) is 0. The molecule has 0 amide bonds. The van der Waals surface area contributed by atoms with Gasteiger partial charge in [0.05, 0.1) is 6.04 Å². The zero-order chi connectivity index (χ0) is 13.8. The molecular formula is C13H19N5O. The number of nitrogens with zero attached hydrogens (tertiary/aromatic N) is 4. The third-order valence-corrected chi connectivity index (χ3v) is 3.15. The second-order valence-electron chi connectivity index (χ2n) is 4.65. The number of nitrogens with two attached hydrogens (primary N) is 1. The van der Waals surface area contributed by atoms with Crippen LogP contribution in [0.2, 0.25) is 0 Å². The molecule has 0 saturated heterocycles. The highest BCUT2D eigenvalue weighted by Crippen LogP contribution is 2.25. The fourth-order valence-electron chi connectivity index (χ4n) is 1.96. The van der Waals surface area contributed by atoms with Gasteiger partial charge in [-0.25, -0.2) is 4.68 Å². The third-order valence-electron chi connectivity index (χ3n) is 3.15. The van der Waals surface area contributed by atoms with Crippen molar-refractivity contribution >= 4 is 5.69 Å². The van der Waals surface area contributed by atoms with Gasteiger partial charge in [-0.1, -0.05) is 6.07 Å².